The van der Waals surface area contributed by atoms with Crippen LogP contribution in [0.2, 0.25) is 10.0 Å². The molecule has 0 radical (unpaired) electrons. The van der Waals surface area contributed by atoms with Gasteiger partial charge in [-0.25, -0.2) is 4.99 Å². The third kappa shape index (κ3) is 4.71. The van der Waals surface area contributed by atoms with Gasteiger partial charge in [0, 0.05) is 18.2 Å². The summed E-state index contributed by atoms with van der Waals surface area (Å²) in [6.07, 6.45) is -2.31. The first-order chi connectivity index (χ1) is 16.3. The number of halogens is 2. The number of aliphatic imine (C=N–C) groups is 1. The lowest BCUT2D eigenvalue weighted by atomic mass is 9.96. The Bertz CT molecular complexity index is 1260. The zero-order chi connectivity index (χ0) is 24.4. The molecular weight excluding hydrogens is 473 g/mol. The largest absolute Gasteiger partial charge is 0.388 e. The summed E-state index contributed by atoms with van der Waals surface area (Å²) in [5.74, 6) is -1.79. The van der Waals surface area contributed by atoms with Gasteiger partial charge in [-0.15, -0.1) is 0 Å². The zero-order valence-corrected chi connectivity index (χ0v) is 20.1. The van der Waals surface area contributed by atoms with Gasteiger partial charge in [0.25, 0.3) is 5.91 Å². The second kappa shape index (κ2) is 9.97. The summed E-state index contributed by atoms with van der Waals surface area (Å²) < 4.78 is 0. The molecule has 6 nitrogen and oxygen atoms in total. The molecule has 1 aliphatic heterocycles. The lowest BCUT2D eigenvalue weighted by molar-refractivity contribution is -0.132. The Morgan fingerprint density at radius 3 is 2.41 bits per heavy atom. The molecular formula is C26H23Cl2N3O3. The number of rotatable bonds is 5. The number of amides is 2. The third-order valence-corrected chi connectivity index (χ3v) is 6.58. The topological polar surface area (TPSA) is 82.0 Å². The first-order valence-electron chi connectivity index (χ1n) is 10.7. The van der Waals surface area contributed by atoms with Crippen LogP contribution in [0.5, 0.6) is 0 Å². The van der Waals surface area contributed by atoms with Gasteiger partial charge >= 0.3 is 0 Å². The highest BCUT2D eigenvalue weighted by molar-refractivity contribution is 6.42. The number of fused-ring (bicyclic) bond motifs is 1. The predicted octanol–water partition coefficient (Wildman–Crippen LogP) is 4.62. The Hall–Kier alpha value is -3.19. The number of carbonyl (C=O) groups excluding carboxylic acids is 2. The molecule has 0 aromatic heterocycles. The van der Waals surface area contributed by atoms with Crippen molar-refractivity contribution >= 4 is 46.4 Å². The van der Waals surface area contributed by atoms with Crippen LogP contribution in [0.1, 0.15) is 29.7 Å². The average Bonchev–Trinajstić information content (AvgIpc) is 2.96. The SMILES string of the molecule is C[C@@H](C(=O)N[C@H]1N=C(c2ccccc2)c2ccccc2N(C)C1=O)[C@H](O)c1ccc(Cl)c(Cl)c1. The number of benzodiazepines with no additional fused rings is 1. The average molecular weight is 496 g/mol. The molecule has 3 aromatic rings. The summed E-state index contributed by atoms with van der Waals surface area (Å²) in [5.41, 5.74) is 3.33. The second-order valence-electron chi connectivity index (χ2n) is 8.08. The highest BCUT2D eigenvalue weighted by Crippen LogP contribution is 2.30. The zero-order valence-electron chi connectivity index (χ0n) is 18.6. The number of benzene rings is 3. The van der Waals surface area contributed by atoms with Crippen LogP contribution >= 0.6 is 23.2 Å². The normalized spacial score (nSPS) is 17.3. The van der Waals surface area contributed by atoms with Crippen LogP contribution in [0.15, 0.2) is 77.8 Å². The summed E-state index contributed by atoms with van der Waals surface area (Å²) in [4.78, 5) is 32.5. The fourth-order valence-electron chi connectivity index (χ4n) is 3.84. The first-order valence-corrected chi connectivity index (χ1v) is 11.5. The third-order valence-electron chi connectivity index (χ3n) is 5.84. The van der Waals surface area contributed by atoms with Gasteiger partial charge in [0.05, 0.1) is 33.5 Å². The van der Waals surface area contributed by atoms with E-state index in [9.17, 15) is 14.7 Å². The van der Waals surface area contributed by atoms with E-state index in [1.165, 1.54) is 11.0 Å². The van der Waals surface area contributed by atoms with Crippen molar-refractivity contribution in [2.24, 2.45) is 10.9 Å². The molecule has 0 aliphatic carbocycles. The summed E-state index contributed by atoms with van der Waals surface area (Å²) in [7, 11) is 1.65. The maximum atomic E-state index is 13.3. The monoisotopic (exact) mass is 495 g/mol. The van der Waals surface area contributed by atoms with Crippen molar-refractivity contribution in [2.45, 2.75) is 19.2 Å². The Kier molecular flexibility index (Phi) is 7.03. The van der Waals surface area contributed by atoms with Gasteiger partial charge in [0.2, 0.25) is 12.1 Å². The molecule has 1 heterocycles. The molecule has 2 N–H and O–H groups in total. The van der Waals surface area contributed by atoms with Crippen LogP contribution in [-0.4, -0.2) is 35.8 Å². The molecule has 174 valence electrons. The van der Waals surface area contributed by atoms with E-state index in [1.54, 1.807) is 26.1 Å². The summed E-state index contributed by atoms with van der Waals surface area (Å²) in [5, 5.41) is 14.1. The second-order valence-corrected chi connectivity index (χ2v) is 8.89. The quantitative estimate of drug-likeness (QED) is 0.541. The first kappa shape index (κ1) is 24.0. The van der Waals surface area contributed by atoms with E-state index in [0.29, 0.717) is 22.0 Å². The Labute approximate surface area is 207 Å². The van der Waals surface area contributed by atoms with Gasteiger partial charge < -0.3 is 15.3 Å². The molecule has 0 unspecified atom stereocenters. The van der Waals surface area contributed by atoms with Crippen molar-refractivity contribution in [3.63, 3.8) is 0 Å². The fraction of sp³-hybridized carbons (Fsp3) is 0.192. The van der Waals surface area contributed by atoms with Gasteiger partial charge in [-0.05, 0) is 23.8 Å². The van der Waals surface area contributed by atoms with Gasteiger partial charge in [-0.2, -0.15) is 0 Å². The molecule has 34 heavy (non-hydrogen) atoms. The highest BCUT2D eigenvalue weighted by atomic mass is 35.5. The maximum absolute atomic E-state index is 13.3. The van der Waals surface area contributed by atoms with Crippen LogP contribution in [0.4, 0.5) is 5.69 Å². The van der Waals surface area contributed by atoms with Gasteiger partial charge in [-0.3, -0.25) is 9.59 Å². The van der Waals surface area contributed by atoms with E-state index in [2.05, 4.69) is 10.3 Å². The number of aliphatic hydroxyl groups is 1. The van der Waals surface area contributed by atoms with E-state index in [-0.39, 0.29) is 10.9 Å². The maximum Gasteiger partial charge on any atom is 0.272 e. The molecule has 0 spiro atoms. The predicted molar refractivity (Wildman–Crippen MR) is 134 cm³/mol. The number of hydrogen-bond donors (Lipinski definition) is 2. The van der Waals surface area contributed by atoms with Crippen molar-refractivity contribution in [3.05, 3.63) is 99.5 Å². The van der Waals surface area contributed by atoms with Crippen molar-refractivity contribution in [2.75, 3.05) is 11.9 Å². The van der Waals surface area contributed by atoms with E-state index < -0.39 is 24.1 Å². The van der Waals surface area contributed by atoms with Gasteiger partial charge in [0.15, 0.2) is 0 Å². The van der Waals surface area contributed by atoms with Crippen LogP contribution in [0.25, 0.3) is 0 Å². The molecule has 8 heteroatoms. The summed E-state index contributed by atoms with van der Waals surface area (Å²) >= 11 is 12.0. The number of anilines is 1. The van der Waals surface area contributed by atoms with Crippen LogP contribution in [0, 0.1) is 5.92 Å². The Morgan fingerprint density at radius 2 is 1.71 bits per heavy atom. The van der Waals surface area contributed by atoms with Crippen molar-refractivity contribution in [3.8, 4) is 0 Å². The number of nitrogens with one attached hydrogen (secondary N) is 1. The molecule has 1 aliphatic rings. The van der Waals surface area contributed by atoms with Crippen LogP contribution in [0.3, 0.4) is 0 Å². The molecule has 2 amide bonds. The minimum absolute atomic E-state index is 0.279. The molecule has 0 fully saturated rings. The minimum Gasteiger partial charge on any atom is -0.388 e. The van der Waals surface area contributed by atoms with Crippen molar-refractivity contribution in [1.29, 1.82) is 0 Å². The molecule has 0 saturated heterocycles. The number of likely N-dealkylation sites (N-methyl/N-ethyl adjacent to an activating group) is 1. The Morgan fingerprint density at radius 1 is 1.03 bits per heavy atom. The molecule has 4 rings (SSSR count). The van der Waals surface area contributed by atoms with Crippen molar-refractivity contribution in [1.82, 2.24) is 5.32 Å². The van der Waals surface area contributed by atoms with E-state index >= 15 is 0 Å². The lowest BCUT2D eigenvalue weighted by Crippen LogP contribution is -2.48. The van der Waals surface area contributed by atoms with Gasteiger partial charge in [-0.1, -0.05) is 84.7 Å². The number of aliphatic hydroxyl groups excluding tert-OH is 1. The number of carbonyl (C=O) groups is 2. The van der Waals surface area contributed by atoms with Crippen molar-refractivity contribution < 1.29 is 14.7 Å². The molecule has 0 bridgehead atoms. The number of hydrogen-bond acceptors (Lipinski definition) is 4. The molecule has 3 aromatic carbocycles. The van der Waals surface area contributed by atoms with Gasteiger partial charge in [0.1, 0.15) is 0 Å². The lowest BCUT2D eigenvalue weighted by Gasteiger charge is -2.23. The summed E-state index contributed by atoms with van der Waals surface area (Å²) in [6.45, 7) is 1.57. The van der Waals surface area contributed by atoms with Crippen LogP contribution < -0.4 is 10.2 Å². The summed E-state index contributed by atoms with van der Waals surface area (Å²) in [6, 6.07) is 21.6. The molecule has 0 saturated carbocycles. The standard InChI is InChI=1S/C26H23Cl2N3O3/c1-15(23(32)17-12-13-19(27)20(28)14-17)25(33)30-24-26(34)31(2)21-11-7-6-10-18(21)22(29-24)16-8-4-3-5-9-16/h3-15,23-24,32H,1-2H3,(H,30,33)/t15-,23+,24-/m1/s1. The number of nitrogens with zero attached hydrogens (tertiary/aromatic N) is 2. The highest BCUT2D eigenvalue weighted by Gasteiger charge is 2.33. The minimum atomic E-state index is -1.16. The molecule has 3 atom stereocenters. The smallest absolute Gasteiger partial charge is 0.272 e. The van der Waals surface area contributed by atoms with E-state index in [4.69, 9.17) is 23.2 Å². The fourth-order valence-corrected chi connectivity index (χ4v) is 4.14. The van der Waals surface area contributed by atoms with E-state index in [1.807, 2.05) is 54.6 Å². The van der Waals surface area contributed by atoms with Crippen LogP contribution in [-0.2, 0) is 9.59 Å². The van der Waals surface area contributed by atoms with E-state index in [0.717, 1.165) is 11.1 Å². The number of para-hydroxylation sites is 1. The Balaban J connectivity index is 1.65.